The van der Waals surface area contributed by atoms with E-state index >= 15 is 0 Å². The molecule has 136 valence electrons. The highest BCUT2D eigenvalue weighted by molar-refractivity contribution is 5.97. The summed E-state index contributed by atoms with van der Waals surface area (Å²) in [4.78, 5) is 17.5. The van der Waals surface area contributed by atoms with Crippen molar-refractivity contribution in [3.8, 4) is 0 Å². The number of rotatable bonds is 6. The quantitative estimate of drug-likeness (QED) is 0.308. The molecule has 0 unspecified atom stereocenters. The third kappa shape index (κ3) is 5.05. The fourth-order valence-corrected chi connectivity index (χ4v) is 2.96. The van der Waals surface area contributed by atoms with Crippen LogP contribution in [-0.4, -0.2) is 11.8 Å². The molecular formula is C23H22N2O2. The normalized spacial score (nSPS) is 11.4. The van der Waals surface area contributed by atoms with Crippen molar-refractivity contribution in [1.29, 1.82) is 0 Å². The minimum atomic E-state index is -0.427. The first-order valence-corrected chi connectivity index (χ1v) is 8.83. The van der Waals surface area contributed by atoms with Gasteiger partial charge in [-0.15, -0.1) is 0 Å². The zero-order valence-corrected chi connectivity index (χ0v) is 15.2. The molecule has 0 spiro atoms. The molecule has 0 aliphatic carbocycles. The Labute approximate surface area is 159 Å². The summed E-state index contributed by atoms with van der Waals surface area (Å²) in [6.07, 6.45) is 0.179. The lowest BCUT2D eigenvalue weighted by atomic mass is 9.89. The van der Waals surface area contributed by atoms with Crippen LogP contribution >= 0.6 is 0 Å². The van der Waals surface area contributed by atoms with E-state index in [0.717, 1.165) is 22.3 Å². The Balaban J connectivity index is 1.74. The smallest absolute Gasteiger partial charge is 0.336 e. The summed E-state index contributed by atoms with van der Waals surface area (Å²) < 4.78 is 0. The van der Waals surface area contributed by atoms with Crippen molar-refractivity contribution < 1.29 is 9.63 Å². The zero-order valence-electron chi connectivity index (χ0n) is 15.2. The molecule has 0 atom stereocenters. The molecular weight excluding hydrogens is 336 g/mol. The van der Waals surface area contributed by atoms with E-state index in [2.05, 4.69) is 5.16 Å². The van der Waals surface area contributed by atoms with Crippen LogP contribution in [0.5, 0.6) is 0 Å². The number of oxime groups is 1. The summed E-state index contributed by atoms with van der Waals surface area (Å²) >= 11 is 0. The van der Waals surface area contributed by atoms with E-state index in [-0.39, 0.29) is 18.2 Å². The average molecular weight is 358 g/mol. The summed E-state index contributed by atoms with van der Waals surface area (Å²) in [5, 5.41) is 3.82. The lowest BCUT2D eigenvalue weighted by molar-refractivity contribution is -0.143. The molecule has 0 aliphatic rings. The van der Waals surface area contributed by atoms with Crippen molar-refractivity contribution in [2.24, 2.45) is 10.9 Å². The Bertz CT molecular complexity index is 882. The second kappa shape index (κ2) is 8.81. The molecule has 0 fully saturated rings. The Kier molecular flexibility index (Phi) is 6.00. The minimum absolute atomic E-state index is 0.102. The van der Waals surface area contributed by atoms with Crippen LogP contribution in [0.25, 0.3) is 0 Å². The van der Waals surface area contributed by atoms with Crippen molar-refractivity contribution in [2.45, 2.75) is 19.3 Å². The van der Waals surface area contributed by atoms with Crippen LogP contribution in [0.15, 0.2) is 90.1 Å². The third-order valence-electron chi connectivity index (χ3n) is 4.33. The van der Waals surface area contributed by atoms with E-state index in [1.807, 2.05) is 91.9 Å². The van der Waals surface area contributed by atoms with E-state index in [9.17, 15) is 4.79 Å². The molecule has 0 amide bonds. The van der Waals surface area contributed by atoms with E-state index in [1.165, 1.54) is 0 Å². The van der Waals surface area contributed by atoms with E-state index in [0.29, 0.717) is 0 Å². The average Bonchev–Trinajstić information content (AvgIpc) is 2.71. The van der Waals surface area contributed by atoms with Crippen LogP contribution in [-0.2, 0) is 9.63 Å². The van der Waals surface area contributed by atoms with Gasteiger partial charge in [0.1, 0.15) is 0 Å². The van der Waals surface area contributed by atoms with Crippen molar-refractivity contribution in [1.82, 2.24) is 0 Å². The second-order valence-corrected chi connectivity index (χ2v) is 6.39. The molecule has 0 saturated heterocycles. The largest absolute Gasteiger partial charge is 0.380 e. The maximum Gasteiger partial charge on any atom is 0.336 e. The highest BCUT2D eigenvalue weighted by Gasteiger charge is 2.19. The van der Waals surface area contributed by atoms with Gasteiger partial charge < -0.3 is 10.6 Å². The predicted octanol–water partition coefficient (Wildman–Crippen LogP) is 4.38. The fraction of sp³-hybridized carbons (Fsp3) is 0.130. The Morgan fingerprint density at radius 3 is 2.07 bits per heavy atom. The molecule has 0 radical (unpaired) electrons. The van der Waals surface area contributed by atoms with Gasteiger partial charge in [-0.05, 0) is 24.1 Å². The van der Waals surface area contributed by atoms with Gasteiger partial charge in [0.15, 0.2) is 5.84 Å². The van der Waals surface area contributed by atoms with Crippen molar-refractivity contribution in [2.75, 3.05) is 0 Å². The van der Waals surface area contributed by atoms with Crippen LogP contribution in [0.4, 0.5) is 0 Å². The molecule has 0 bridgehead atoms. The molecule has 4 heteroatoms. The SMILES string of the molecule is Cc1cccc(/C(N)=N/OC(=O)CC(c2ccccc2)c2ccccc2)c1. The van der Waals surface area contributed by atoms with Crippen molar-refractivity contribution in [3.05, 3.63) is 107 Å². The van der Waals surface area contributed by atoms with Gasteiger partial charge in [0.05, 0.1) is 6.42 Å². The standard InChI is InChI=1S/C23H22N2O2/c1-17-9-8-14-20(15-17)23(24)25-27-22(26)16-21(18-10-4-2-5-11-18)19-12-6-3-7-13-19/h2-15,21H,16H2,1H3,(H2,24,25). The first-order valence-electron chi connectivity index (χ1n) is 8.83. The first kappa shape index (κ1) is 18.4. The maximum atomic E-state index is 12.4. The number of aryl methyl sites for hydroxylation is 1. The summed E-state index contributed by atoms with van der Waals surface area (Å²) in [5.41, 5.74) is 9.83. The third-order valence-corrected chi connectivity index (χ3v) is 4.33. The van der Waals surface area contributed by atoms with Crippen LogP contribution in [0.1, 0.15) is 34.6 Å². The van der Waals surface area contributed by atoms with Crippen LogP contribution in [0, 0.1) is 6.92 Å². The fourth-order valence-electron chi connectivity index (χ4n) is 2.96. The second-order valence-electron chi connectivity index (χ2n) is 6.39. The van der Waals surface area contributed by atoms with Gasteiger partial charge in [0, 0.05) is 11.5 Å². The molecule has 3 aromatic carbocycles. The summed E-state index contributed by atoms with van der Waals surface area (Å²) in [7, 11) is 0. The highest BCUT2D eigenvalue weighted by atomic mass is 16.7. The monoisotopic (exact) mass is 358 g/mol. The van der Waals surface area contributed by atoms with Crippen molar-refractivity contribution >= 4 is 11.8 Å². The van der Waals surface area contributed by atoms with Crippen LogP contribution in [0.2, 0.25) is 0 Å². The van der Waals surface area contributed by atoms with Gasteiger partial charge >= 0.3 is 5.97 Å². The van der Waals surface area contributed by atoms with Gasteiger partial charge in [-0.2, -0.15) is 0 Å². The summed E-state index contributed by atoms with van der Waals surface area (Å²) in [6, 6.07) is 27.4. The molecule has 0 aromatic heterocycles. The zero-order chi connectivity index (χ0) is 19.1. The van der Waals surface area contributed by atoms with Crippen LogP contribution < -0.4 is 5.73 Å². The molecule has 27 heavy (non-hydrogen) atoms. The number of benzene rings is 3. The van der Waals surface area contributed by atoms with Crippen LogP contribution in [0.3, 0.4) is 0 Å². The van der Waals surface area contributed by atoms with Gasteiger partial charge in [-0.3, -0.25) is 0 Å². The molecule has 0 aliphatic heterocycles. The number of nitrogens with two attached hydrogens (primary N) is 1. The number of hydrogen-bond donors (Lipinski definition) is 1. The molecule has 3 aromatic rings. The van der Waals surface area contributed by atoms with Gasteiger partial charge in [0.25, 0.3) is 0 Å². The molecule has 0 saturated carbocycles. The van der Waals surface area contributed by atoms with Gasteiger partial charge in [-0.1, -0.05) is 89.6 Å². The van der Waals surface area contributed by atoms with E-state index < -0.39 is 5.97 Å². The van der Waals surface area contributed by atoms with Gasteiger partial charge in [0.2, 0.25) is 0 Å². The number of nitrogens with zero attached hydrogens (tertiary/aromatic N) is 1. The van der Waals surface area contributed by atoms with Gasteiger partial charge in [-0.25, -0.2) is 4.79 Å². The number of hydrogen-bond acceptors (Lipinski definition) is 3. The lowest BCUT2D eigenvalue weighted by Crippen LogP contribution is -2.16. The maximum absolute atomic E-state index is 12.4. The summed E-state index contributed by atoms with van der Waals surface area (Å²) in [5.74, 6) is -0.346. The Morgan fingerprint density at radius 1 is 0.926 bits per heavy atom. The van der Waals surface area contributed by atoms with Crippen molar-refractivity contribution in [3.63, 3.8) is 0 Å². The minimum Gasteiger partial charge on any atom is -0.380 e. The lowest BCUT2D eigenvalue weighted by Gasteiger charge is -2.16. The first-order chi connectivity index (χ1) is 13.1. The predicted molar refractivity (Wildman–Crippen MR) is 107 cm³/mol. The molecule has 0 heterocycles. The Hall–Kier alpha value is -3.40. The number of carbonyl (C=O) groups is 1. The number of amidine groups is 1. The summed E-state index contributed by atoms with van der Waals surface area (Å²) in [6.45, 7) is 1.97. The van der Waals surface area contributed by atoms with E-state index in [1.54, 1.807) is 0 Å². The Morgan fingerprint density at radius 2 is 1.52 bits per heavy atom. The highest BCUT2D eigenvalue weighted by Crippen LogP contribution is 2.28. The van der Waals surface area contributed by atoms with E-state index in [4.69, 9.17) is 10.6 Å². The topological polar surface area (TPSA) is 64.7 Å². The molecule has 2 N–H and O–H groups in total. The number of carbonyl (C=O) groups excluding carboxylic acids is 1. The molecule has 3 rings (SSSR count). The molecule has 4 nitrogen and oxygen atoms in total.